The molecule has 0 fully saturated rings. The lowest BCUT2D eigenvalue weighted by molar-refractivity contribution is -0.147. The van der Waals surface area contributed by atoms with Crippen LogP contribution in [0.15, 0.2) is 29.5 Å². The molecule has 4 heterocycles. The van der Waals surface area contributed by atoms with Gasteiger partial charge in [0.15, 0.2) is 5.82 Å². The number of aromatic nitrogens is 5. The highest BCUT2D eigenvalue weighted by molar-refractivity contribution is 5.90. The molecule has 0 saturated heterocycles. The van der Waals surface area contributed by atoms with Crippen LogP contribution in [0.3, 0.4) is 0 Å². The summed E-state index contributed by atoms with van der Waals surface area (Å²) in [5.41, 5.74) is 5.31. The second-order valence-electron chi connectivity index (χ2n) is 8.32. The van der Waals surface area contributed by atoms with Gasteiger partial charge in [-0.15, -0.1) is 5.10 Å². The molecule has 1 aliphatic heterocycles. The lowest BCUT2D eigenvalue weighted by Crippen LogP contribution is -2.28. The van der Waals surface area contributed by atoms with Crippen LogP contribution < -0.4 is 0 Å². The molecule has 3 aromatic rings. The number of rotatable bonds is 7. The van der Waals surface area contributed by atoms with E-state index < -0.39 is 5.97 Å². The van der Waals surface area contributed by atoms with Crippen molar-refractivity contribution in [1.82, 2.24) is 24.6 Å². The van der Waals surface area contributed by atoms with Crippen molar-refractivity contribution in [3.8, 4) is 0 Å². The second-order valence-corrected chi connectivity index (χ2v) is 8.32. The Bertz CT molecular complexity index is 1180. The molecule has 0 radical (unpaired) electrons. The third kappa shape index (κ3) is 4.64. The summed E-state index contributed by atoms with van der Waals surface area (Å²) < 4.78 is 7.28. The Morgan fingerprint density at radius 3 is 2.47 bits per heavy atom. The zero-order valence-corrected chi connectivity index (χ0v) is 19.1. The van der Waals surface area contributed by atoms with E-state index in [-0.39, 0.29) is 23.9 Å². The Labute approximate surface area is 187 Å². The number of aliphatic hydroxyl groups excluding tert-OH is 1. The van der Waals surface area contributed by atoms with Crippen LogP contribution in [0.5, 0.6) is 0 Å². The number of fused-ring (bicyclic) bond motifs is 1. The van der Waals surface area contributed by atoms with E-state index in [0.29, 0.717) is 24.4 Å². The van der Waals surface area contributed by atoms with E-state index in [2.05, 4.69) is 46.0 Å². The normalized spacial score (nSPS) is 16.6. The molecule has 0 amide bonds. The summed E-state index contributed by atoms with van der Waals surface area (Å²) in [4.78, 5) is 26.0. The first-order valence-electron chi connectivity index (χ1n) is 11.2. The third-order valence-electron chi connectivity index (χ3n) is 5.76. The van der Waals surface area contributed by atoms with E-state index in [1.165, 1.54) is 5.56 Å². The maximum Gasteiger partial charge on any atom is 0.338 e. The van der Waals surface area contributed by atoms with Gasteiger partial charge in [-0.25, -0.2) is 14.3 Å². The summed E-state index contributed by atoms with van der Waals surface area (Å²) in [7, 11) is 0. The van der Waals surface area contributed by atoms with Gasteiger partial charge in [-0.1, -0.05) is 13.8 Å². The highest BCUT2D eigenvalue weighted by atomic mass is 16.5. The second kappa shape index (κ2) is 9.06. The number of pyridine rings is 1. The van der Waals surface area contributed by atoms with Crippen molar-refractivity contribution < 1.29 is 14.6 Å². The van der Waals surface area contributed by atoms with Gasteiger partial charge >= 0.3 is 5.97 Å². The van der Waals surface area contributed by atoms with Gasteiger partial charge in [-0.3, -0.25) is 4.98 Å². The number of hydrogen-bond acceptors (Lipinski definition) is 7. The standard InChI is InChI=1S/C24H29N5O3/c1-5-17-10-16(11-18(6-2)26-17)7-8-19-12-21(30)20(23(31)32-19)13-22-27-24-25-14(3)9-15(4)29(24)28-22/h9-11,19,30H,5-8,12-13H2,1-4H3/t19-/m1/s1. The predicted molar refractivity (Wildman–Crippen MR) is 119 cm³/mol. The summed E-state index contributed by atoms with van der Waals surface area (Å²) in [5.74, 6) is 0.467. The van der Waals surface area contributed by atoms with E-state index in [0.717, 1.165) is 42.0 Å². The van der Waals surface area contributed by atoms with Gasteiger partial charge in [0.05, 0.1) is 5.57 Å². The van der Waals surface area contributed by atoms with Crippen LogP contribution in [0.4, 0.5) is 0 Å². The number of ether oxygens (including phenoxy) is 1. The van der Waals surface area contributed by atoms with Crippen molar-refractivity contribution in [3.05, 3.63) is 63.7 Å². The Kier molecular flexibility index (Phi) is 6.21. The van der Waals surface area contributed by atoms with Crippen molar-refractivity contribution in [1.29, 1.82) is 0 Å². The van der Waals surface area contributed by atoms with Gasteiger partial charge < -0.3 is 9.84 Å². The molecular weight excluding hydrogens is 406 g/mol. The molecule has 1 N–H and O–H groups in total. The summed E-state index contributed by atoms with van der Waals surface area (Å²) in [5, 5.41) is 15.0. The number of nitrogens with zero attached hydrogens (tertiary/aromatic N) is 5. The molecule has 0 bridgehead atoms. The average molecular weight is 436 g/mol. The molecule has 0 saturated carbocycles. The maximum atomic E-state index is 12.6. The van der Waals surface area contributed by atoms with Crippen LogP contribution >= 0.6 is 0 Å². The quantitative estimate of drug-likeness (QED) is 0.566. The van der Waals surface area contributed by atoms with Gasteiger partial charge in [0.1, 0.15) is 11.9 Å². The van der Waals surface area contributed by atoms with Gasteiger partial charge in [0.25, 0.3) is 5.78 Å². The van der Waals surface area contributed by atoms with E-state index in [4.69, 9.17) is 4.74 Å². The van der Waals surface area contributed by atoms with Crippen LogP contribution in [0.2, 0.25) is 0 Å². The summed E-state index contributed by atoms with van der Waals surface area (Å²) in [6.45, 7) is 8.00. The zero-order valence-electron chi connectivity index (χ0n) is 19.1. The number of aryl methyl sites for hydroxylation is 5. The molecule has 0 unspecified atom stereocenters. The molecule has 3 aromatic heterocycles. The fourth-order valence-corrected chi connectivity index (χ4v) is 4.05. The highest BCUT2D eigenvalue weighted by Gasteiger charge is 2.30. The molecule has 0 aromatic carbocycles. The van der Waals surface area contributed by atoms with Crippen molar-refractivity contribution in [2.75, 3.05) is 0 Å². The number of carbonyl (C=O) groups excluding carboxylic acids is 1. The molecule has 1 aliphatic rings. The molecule has 0 spiro atoms. The van der Waals surface area contributed by atoms with Gasteiger partial charge in [-0.2, -0.15) is 4.98 Å². The van der Waals surface area contributed by atoms with Crippen molar-refractivity contribution in [3.63, 3.8) is 0 Å². The predicted octanol–water partition coefficient (Wildman–Crippen LogP) is 3.56. The average Bonchev–Trinajstić information content (AvgIpc) is 3.17. The minimum Gasteiger partial charge on any atom is -0.512 e. The van der Waals surface area contributed by atoms with Crippen LogP contribution in [-0.4, -0.2) is 41.7 Å². The molecule has 1 atom stereocenters. The van der Waals surface area contributed by atoms with Gasteiger partial charge in [0, 0.05) is 35.6 Å². The Morgan fingerprint density at radius 2 is 1.81 bits per heavy atom. The summed E-state index contributed by atoms with van der Waals surface area (Å²) in [6.07, 6.45) is 3.25. The summed E-state index contributed by atoms with van der Waals surface area (Å²) >= 11 is 0. The minimum absolute atomic E-state index is 0.0594. The third-order valence-corrected chi connectivity index (χ3v) is 5.76. The number of esters is 1. The Morgan fingerprint density at radius 1 is 1.09 bits per heavy atom. The van der Waals surface area contributed by atoms with Crippen molar-refractivity contribution in [2.45, 2.75) is 72.3 Å². The molecule has 8 heteroatoms. The lowest BCUT2D eigenvalue weighted by atomic mass is 9.98. The molecule has 32 heavy (non-hydrogen) atoms. The number of hydrogen-bond donors (Lipinski definition) is 1. The monoisotopic (exact) mass is 435 g/mol. The molecule has 8 nitrogen and oxygen atoms in total. The maximum absolute atomic E-state index is 12.6. The zero-order chi connectivity index (χ0) is 22.8. The first kappa shape index (κ1) is 21.9. The highest BCUT2D eigenvalue weighted by Crippen LogP contribution is 2.25. The smallest absolute Gasteiger partial charge is 0.338 e. The van der Waals surface area contributed by atoms with Gasteiger partial charge in [0.2, 0.25) is 0 Å². The van der Waals surface area contributed by atoms with E-state index in [1.807, 2.05) is 19.9 Å². The molecule has 4 rings (SSSR count). The van der Waals surface area contributed by atoms with Crippen LogP contribution in [0.25, 0.3) is 5.78 Å². The lowest BCUT2D eigenvalue weighted by Gasteiger charge is -2.24. The number of carbonyl (C=O) groups is 1. The molecular formula is C24H29N5O3. The van der Waals surface area contributed by atoms with Gasteiger partial charge in [-0.05, 0) is 63.3 Å². The minimum atomic E-state index is -0.503. The first-order chi connectivity index (χ1) is 15.4. The molecule has 0 aliphatic carbocycles. The SMILES string of the molecule is CCc1cc(CC[C@@H]2CC(O)=C(Cc3nc4nc(C)cc(C)n4n3)C(=O)O2)cc(CC)n1. The van der Waals surface area contributed by atoms with Crippen molar-refractivity contribution in [2.24, 2.45) is 0 Å². The van der Waals surface area contributed by atoms with Crippen LogP contribution in [0.1, 0.15) is 60.9 Å². The fourth-order valence-electron chi connectivity index (χ4n) is 4.05. The Balaban J connectivity index is 1.45. The number of cyclic esters (lactones) is 1. The summed E-state index contributed by atoms with van der Waals surface area (Å²) in [6, 6.07) is 6.13. The fraction of sp³-hybridized carbons (Fsp3) is 0.458. The molecule has 168 valence electrons. The van der Waals surface area contributed by atoms with E-state index >= 15 is 0 Å². The first-order valence-corrected chi connectivity index (χ1v) is 11.2. The Hall–Kier alpha value is -3.29. The van der Waals surface area contributed by atoms with Crippen LogP contribution in [0, 0.1) is 13.8 Å². The van der Waals surface area contributed by atoms with Crippen LogP contribution in [-0.2, 0) is 35.2 Å². The van der Waals surface area contributed by atoms with E-state index in [1.54, 1.807) is 4.52 Å². The number of aliphatic hydroxyl groups is 1. The topological polar surface area (TPSA) is 102 Å². The largest absolute Gasteiger partial charge is 0.512 e. The van der Waals surface area contributed by atoms with Crippen molar-refractivity contribution >= 4 is 11.7 Å². The van der Waals surface area contributed by atoms with E-state index in [9.17, 15) is 9.90 Å².